The lowest BCUT2D eigenvalue weighted by molar-refractivity contribution is 0.375. The molecular weight excluding hydrogens is 300 g/mol. The maximum Gasteiger partial charge on any atom is 0.00671 e. The van der Waals surface area contributed by atoms with E-state index in [0.717, 1.165) is 0 Å². The Hall–Kier alpha value is -0.520. The van der Waals surface area contributed by atoms with Crippen molar-refractivity contribution in [3.8, 4) is 0 Å². The molecule has 0 heteroatoms. The second-order valence-corrected chi connectivity index (χ2v) is 8.40. The summed E-state index contributed by atoms with van der Waals surface area (Å²) in [5, 5.41) is 0. The van der Waals surface area contributed by atoms with Crippen LogP contribution >= 0.6 is 0 Å². The molecule has 0 unspecified atom stereocenters. The fourth-order valence-corrected chi connectivity index (χ4v) is 4.18. The van der Waals surface area contributed by atoms with Crippen LogP contribution in [0, 0.1) is 5.41 Å². The van der Waals surface area contributed by atoms with Crippen LogP contribution in [0.1, 0.15) is 129 Å². The van der Waals surface area contributed by atoms with Gasteiger partial charge in [-0.25, -0.2) is 0 Å². The van der Waals surface area contributed by atoms with Gasteiger partial charge in [0.05, 0.1) is 0 Å². The molecule has 0 fully saturated rings. The maximum absolute atomic E-state index is 2.50. The predicted octanol–water partition coefficient (Wildman–Crippen LogP) is 9.16. The molecule has 0 aliphatic heterocycles. The summed E-state index contributed by atoms with van der Waals surface area (Å²) in [5.74, 6) is 0. The Balaban J connectivity index is 2.04. The van der Waals surface area contributed by atoms with Gasteiger partial charge in [0.2, 0.25) is 0 Å². The summed E-state index contributed by atoms with van der Waals surface area (Å²) in [6, 6.07) is 0. The van der Waals surface area contributed by atoms with Gasteiger partial charge in [0.1, 0.15) is 0 Å². The highest BCUT2D eigenvalue weighted by atomic mass is 14.3. The lowest BCUT2D eigenvalue weighted by Crippen LogP contribution is -2.13. The molecule has 0 nitrogen and oxygen atoms in total. The summed E-state index contributed by atoms with van der Waals surface area (Å²) in [6.45, 7) is 4.60. The summed E-state index contributed by atoms with van der Waals surface area (Å²) < 4.78 is 0. The molecule has 25 heavy (non-hydrogen) atoms. The first-order chi connectivity index (χ1) is 12.3. The van der Waals surface area contributed by atoms with E-state index in [9.17, 15) is 0 Å². The van der Waals surface area contributed by atoms with Gasteiger partial charge in [-0.1, -0.05) is 141 Å². The van der Waals surface area contributed by atoms with E-state index in [2.05, 4.69) is 38.2 Å². The minimum absolute atomic E-state index is 0.421. The van der Waals surface area contributed by atoms with Crippen LogP contribution in [0.5, 0.6) is 0 Å². The molecule has 146 valence electrons. The summed E-state index contributed by atoms with van der Waals surface area (Å²) in [5.41, 5.74) is 0.421. The third-order valence-corrected chi connectivity index (χ3v) is 5.96. The molecule has 1 aliphatic carbocycles. The Morgan fingerprint density at radius 1 is 0.440 bits per heavy atom. The third-order valence-electron chi connectivity index (χ3n) is 5.96. The highest BCUT2D eigenvalue weighted by molar-refractivity contribution is 5.24. The van der Waals surface area contributed by atoms with E-state index in [1.165, 1.54) is 116 Å². The van der Waals surface area contributed by atoms with Crippen molar-refractivity contribution >= 4 is 0 Å². The zero-order valence-electron chi connectivity index (χ0n) is 17.5. The maximum atomic E-state index is 2.50. The zero-order chi connectivity index (χ0) is 18.1. The van der Waals surface area contributed by atoms with Gasteiger partial charge in [-0.15, -0.1) is 0 Å². The molecule has 0 aromatic carbocycles. The Morgan fingerprint density at radius 2 is 0.760 bits per heavy atom. The van der Waals surface area contributed by atoms with Gasteiger partial charge in [0, 0.05) is 5.41 Å². The second-order valence-electron chi connectivity index (χ2n) is 8.40. The molecule has 0 heterocycles. The average Bonchev–Trinajstić information content (AvgIpc) is 3.09. The van der Waals surface area contributed by atoms with E-state index in [1.54, 1.807) is 0 Å². The molecule has 0 aromatic heterocycles. The molecule has 0 saturated heterocycles. The number of allylic oxidation sites excluding steroid dienone is 4. The monoisotopic (exact) mass is 346 g/mol. The van der Waals surface area contributed by atoms with Crippen molar-refractivity contribution in [3.05, 3.63) is 24.3 Å². The first kappa shape index (κ1) is 22.5. The molecular formula is C25H46. The molecule has 0 aromatic rings. The van der Waals surface area contributed by atoms with Crippen LogP contribution in [0.25, 0.3) is 0 Å². The Morgan fingerprint density at radius 3 is 1.12 bits per heavy atom. The van der Waals surface area contributed by atoms with Gasteiger partial charge >= 0.3 is 0 Å². The minimum atomic E-state index is 0.421. The standard InChI is InChI=1S/C25H46/c1-3-5-7-9-11-13-15-17-21-25(23-19-20-24-25)22-18-16-14-12-10-8-6-4-2/h19-20,23-24H,3-18,21-22H2,1-2H3. The van der Waals surface area contributed by atoms with E-state index < -0.39 is 0 Å². The zero-order valence-corrected chi connectivity index (χ0v) is 17.5. The molecule has 0 atom stereocenters. The highest BCUT2D eigenvalue weighted by Gasteiger charge is 2.24. The normalized spacial score (nSPS) is 15.3. The van der Waals surface area contributed by atoms with E-state index in [-0.39, 0.29) is 0 Å². The van der Waals surface area contributed by atoms with Gasteiger partial charge in [-0.3, -0.25) is 0 Å². The van der Waals surface area contributed by atoms with Crippen molar-refractivity contribution in [1.29, 1.82) is 0 Å². The molecule has 1 rings (SSSR count). The first-order valence-electron chi connectivity index (χ1n) is 11.7. The lowest BCUT2D eigenvalue weighted by atomic mass is 9.79. The fraction of sp³-hybridized carbons (Fsp3) is 0.840. The van der Waals surface area contributed by atoms with Crippen LogP contribution in [0.2, 0.25) is 0 Å². The predicted molar refractivity (Wildman–Crippen MR) is 115 cm³/mol. The Kier molecular flexibility index (Phi) is 14.2. The number of hydrogen-bond acceptors (Lipinski definition) is 0. The van der Waals surface area contributed by atoms with E-state index in [4.69, 9.17) is 0 Å². The Bertz CT molecular complexity index is 302. The van der Waals surface area contributed by atoms with Crippen molar-refractivity contribution in [2.75, 3.05) is 0 Å². The lowest BCUT2D eigenvalue weighted by Gasteiger charge is -2.25. The molecule has 0 amide bonds. The van der Waals surface area contributed by atoms with E-state index in [0.29, 0.717) is 5.41 Å². The Labute approximate surface area is 159 Å². The van der Waals surface area contributed by atoms with Gasteiger partial charge in [-0.2, -0.15) is 0 Å². The third kappa shape index (κ3) is 11.7. The topological polar surface area (TPSA) is 0 Å². The van der Waals surface area contributed by atoms with Crippen molar-refractivity contribution < 1.29 is 0 Å². The second kappa shape index (κ2) is 15.7. The number of rotatable bonds is 18. The summed E-state index contributed by atoms with van der Waals surface area (Å²) in [4.78, 5) is 0. The van der Waals surface area contributed by atoms with Gasteiger partial charge in [-0.05, 0) is 12.8 Å². The summed E-state index contributed by atoms with van der Waals surface area (Å²) >= 11 is 0. The van der Waals surface area contributed by atoms with E-state index >= 15 is 0 Å². The van der Waals surface area contributed by atoms with Crippen molar-refractivity contribution in [2.24, 2.45) is 5.41 Å². The van der Waals surface area contributed by atoms with Gasteiger partial charge in [0.25, 0.3) is 0 Å². The smallest absolute Gasteiger partial charge is 0.00671 e. The minimum Gasteiger partial charge on any atom is -0.0745 e. The number of unbranched alkanes of at least 4 members (excludes halogenated alkanes) is 14. The fourth-order valence-electron chi connectivity index (χ4n) is 4.18. The average molecular weight is 347 g/mol. The summed E-state index contributed by atoms with van der Waals surface area (Å²) in [6.07, 6.45) is 35.2. The highest BCUT2D eigenvalue weighted by Crippen LogP contribution is 2.37. The van der Waals surface area contributed by atoms with Crippen LogP contribution in [-0.2, 0) is 0 Å². The molecule has 0 spiro atoms. The van der Waals surface area contributed by atoms with Crippen molar-refractivity contribution in [1.82, 2.24) is 0 Å². The quantitative estimate of drug-likeness (QED) is 0.217. The molecule has 0 bridgehead atoms. The summed E-state index contributed by atoms with van der Waals surface area (Å²) in [7, 11) is 0. The van der Waals surface area contributed by atoms with Gasteiger partial charge in [0.15, 0.2) is 0 Å². The van der Waals surface area contributed by atoms with E-state index in [1.807, 2.05) is 0 Å². The number of hydrogen-bond donors (Lipinski definition) is 0. The van der Waals surface area contributed by atoms with Crippen LogP contribution in [0.15, 0.2) is 24.3 Å². The first-order valence-corrected chi connectivity index (χ1v) is 11.7. The molecule has 0 radical (unpaired) electrons. The molecule has 1 aliphatic rings. The van der Waals surface area contributed by atoms with Gasteiger partial charge < -0.3 is 0 Å². The SMILES string of the molecule is CCCCCCCCCCC1(CCCCCCCCCC)C=CC=C1. The van der Waals surface area contributed by atoms with Crippen LogP contribution in [0.3, 0.4) is 0 Å². The largest absolute Gasteiger partial charge is 0.0745 e. The van der Waals surface area contributed by atoms with Crippen molar-refractivity contribution in [2.45, 2.75) is 129 Å². The van der Waals surface area contributed by atoms with Crippen LogP contribution in [-0.4, -0.2) is 0 Å². The van der Waals surface area contributed by atoms with Crippen LogP contribution < -0.4 is 0 Å². The van der Waals surface area contributed by atoms with Crippen molar-refractivity contribution in [3.63, 3.8) is 0 Å². The molecule has 0 N–H and O–H groups in total. The molecule has 0 saturated carbocycles. The van der Waals surface area contributed by atoms with Crippen LogP contribution in [0.4, 0.5) is 0 Å².